The second-order valence-electron chi connectivity index (χ2n) is 6.14. The summed E-state index contributed by atoms with van der Waals surface area (Å²) in [7, 11) is 1.31. The molecule has 0 radical (unpaired) electrons. The highest BCUT2D eigenvalue weighted by molar-refractivity contribution is 6.10. The van der Waals surface area contributed by atoms with Crippen LogP contribution in [0.2, 0.25) is 0 Å². The molecule has 0 saturated heterocycles. The maximum absolute atomic E-state index is 12.6. The number of carbonyl (C=O) groups is 3. The average molecular weight is 377 g/mol. The monoisotopic (exact) mass is 377 g/mol. The Morgan fingerprint density at radius 2 is 1.75 bits per heavy atom. The van der Waals surface area contributed by atoms with Gasteiger partial charge >= 0.3 is 11.9 Å². The summed E-state index contributed by atoms with van der Waals surface area (Å²) < 4.78 is 9.86. The van der Waals surface area contributed by atoms with E-state index < -0.39 is 18.0 Å². The summed E-state index contributed by atoms with van der Waals surface area (Å²) >= 11 is 0. The van der Waals surface area contributed by atoms with E-state index in [-0.39, 0.29) is 5.78 Å². The van der Waals surface area contributed by atoms with Crippen molar-refractivity contribution >= 4 is 34.7 Å². The second kappa shape index (κ2) is 8.35. The minimum Gasteiger partial charge on any atom is -0.465 e. The van der Waals surface area contributed by atoms with Crippen LogP contribution in [0.3, 0.4) is 0 Å². The molecule has 0 aliphatic carbocycles. The van der Waals surface area contributed by atoms with Gasteiger partial charge in [0.25, 0.3) is 0 Å². The third-order valence-electron chi connectivity index (χ3n) is 4.26. The van der Waals surface area contributed by atoms with Crippen molar-refractivity contribution in [1.82, 2.24) is 4.98 Å². The number of ether oxygens (including phenoxy) is 2. The third kappa shape index (κ3) is 4.17. The predicted octanol–water partition coefficient (Wildman–Crippen LogP) is 3.78. The Morgan fingerprint density at radius 1 is 1.04 bits per heavy atom. The number of esters is 2. The first kappa shape index (κ1) is 19.1. The Morgan fingerprint density at radius 3 is 2.46 bits per heavy atom. The number of hydrogen-bond donors (Lipinski definition) is 1. The van der Waals surface area contributed by atoms with E-state index in [9.17, 15) is 14.4 Å². The number of ketones is 1. The van der Waals surface area contributed by atoms with Crippen LogP contribution in [0, 0.1) is 0 Å². The number of H-pyrrole nitrogens is 1. The molecule has 0 aliphatic heterocycles. The molecule has 6 nitrogen and oxygen atoms in total. The molecule has 1 aromatic heterocycles. The lowest BCUT2D eigenvalue weighted by Gasteiger charge is -2.10. The molecule has 0 fully saturated rings. The van der Waals surface area contributed by atoms with Gasteiger partial charge in [-0.3, -0.25) is 4.79 Å². The summed E-state index contributed by atoms with van der Waals surface area (Å²) in [6.07, 6.45) is 3.49. The summed E-state index contributed by atoms with van der Waals surface area (Å²) in [6, 6.07) is 14.0. The first-order valence-corrected chi connectivity index (χ1v) is 8.67. The molecule has 1 N–H and O–H groups in total. The number of hydrogen-bond acceptors (Lipinski definition) is 5. The topological polar surface area (TPSA) is 85.5 Å². The van der Waals surface area contributed by atoms with Gasteiger partial charge in [-0.25, -0.2) is 9.59 Å². The van der Waals surface area contributed by atoms with E-state index in [0.29, 0.717) is 16.7 Å². The standard InChI is InChI=1S/C22H19NO5/c1-14(21(25)18-13-23-19-6-4-3-5-17(18)19)28-20(24)12-9-15-7-10-16(11-8-15)22(26)27-2/h3-14,23H,1-2H3/b12-9+/t14-/m1/s1. The van der Waals surface area contributed by atoms with Crippen molar-refractivity contribution in [2.75, 3.05) is 7.11 Å². The number of nitrogens with one attached hydrogen (secondary N) is 1. The van der Waals surface area contributed by atoms with Crippen LogP contribution in [0.25, 0.3) is 17.0 Å². The van der Waals surface area contributed by atoms with E-state index in [0.717, 1.165) is 10.9 Å². The Kier molecular flexibility index (Phi) is 5.69. The number of rotatable bonds is 6. The fourth-order valence-electron chi connectivity index (χ4n) is 2.77. The summed E-state index contributed by atoms with van der Waals surface area (Å²) in [5.74, 6) is -1.33. The lowest BCUT2D eigenvalue weighted by atomic mass is 10.1. The number of Topliss-reactive ketones (excluding diaryl/α,β-unsaturated/α-hetero) is 1. The predicted molar refractivity (Wildman–Crippen MR) is 105 cm³/mol. The van der Waals surface area contributed by atoms with E-state index in [2.05, 4.69) is 9.72 Å². The van der Waals surface area contributed by atoms with Crippen LogP contribution in [0.1, 0.15) is 33.2 Å². The molecule has 6 heteroatoms. The SMILES string of the molecule is COC(=O)c1ccc(/C=C/C(=O)O[C@H](C)C(=O)c2c[nH]c3ccccc23)cc1. The number of para-hydroxylation sites is 1. The number of fused-ring (bicyclic) bond motifs is 1. The lowest BCUT2D eigenvalue weighted by Crippen LogP contribution is -2.23. The van der Waals surface area contributed by atoms with Gasteiger partial charge in [-0.15, -0.1) is 0 Å². The highest BCUT2D eigenvalue weighted by Gasteiger charge is 2.21. The maximum atomic E-state index is 12.6. The fraction of sp³-hybridized carbons (Fsp3) is 0.136. The molecule has 0 unspecified atom stereocenters. The summed E-state index contributed by atoms with van der Waals surface area (Å²) in [6.45, 7) is 1.54. The van der Waals surface area contributed by atoms with Crippen LogP contribution in [-0.4, -0.2) is 35.9 Å². The number of aromatic amines is 1. The zero-order chi connectivity index (χ0) is 20.1. The first-order chi connectivity index (χ1) is 13.5. The highest BCUT2D eigenvalue weighted by atomic mass is 16.5. The number of aromatic nitrogens is 1. The van der Waals surface area contributed by atoms with Crippen molar-refractivity contribution in [2.24, 2.45) is 0 Å². The minimum atomic E-state index is -0.918. The third-order valence-corrected chi connectivity index (χ3v) is 4.26. The van der Waals surface area contributed by atoms with E-state index in [1.54, 1.807) is 43.5 Å². The smallest absolute Gasteiger partial charge is 0.337 e. The van der Waals surface area contributed by atoms with Gasteiger partial charge < -0.3 is 14.5 Å². The van der Waals surface area contributed by atoms with Gasteiger partial charge in [0.15, 0.2) is 6.10 Å². The molecule has 3 aromatic rings. The van der Waals surface area contributed by atoms with E-state index in [1.807, 2.05) is 24.3 Å². The maximum Gasteiger partial charge on any atom is 0.337 e. The fourth-order valence-corrected chi connectivity index (χ4v) is 2.77. The molecule has 2 aromatic carbocycles. The molecular weight excluding hydrogens is 358 g/mol. The largest absolute Gasteiger partial charge is 0.465 e. The first-order valence-electron chi connectivity index (χ1n) is 8.67. The molecule has 1 heterocycles. The second-order valence-corrected chi connectivity index (χ2v) is 6.14. The summed E-state index contributed by atoms with van der Waals surface area (Å²) in [5, 5.41) is 0.789. The van der Waals surface area contributed by atoms with Gasteiger partial charge in [-0.05, 0) is 36.8 Å². The molecule has 28 heavy (non-hydrogen) atoms. The van der Waals surface area contributed by atoms with Crippen molar-refractivity contribution in [2.45, 2.75) is 13.0 Å². The Labute approximate surface area is 161 Å². The number of methoxy groups -OCH3 is 1. The average Bonchev–Trinajstić information content (AvgIpc) is 3.15. The molecular formula is C22H19NO5. The van der Waals surface area contributed by atoms with Gasteiger partial charge in [-0.2, -0.15) is 0 Å². The summed E-state index contributed by atoms with van der Waals surface area (Å²) in [5.41, 5.74) is 2.46. The van der Waals surface area contributed by atoms with Crippen LogP contribution in [0.5, 0.6) is 0 Å². The molecule has 3 rings (SSSR count). The van der Waals surface area contributed by atoms with Crippen molar-refractivity contribution in [3.63, 3.8) is 0 Å². The quantitative estimate of drug-likeness (QED) is 0.401. The Hall–Kier alpha value is -3.67. The molecule has 0 saturated carbocycles. The van der Waals surface area contributed by atoms with E-state index in [1.165, 1.54) is 13.2 Å². The zero-order valence-electron chi connectivity index (χ0n) is 15.5. The Balaban J connectivity index is 1.63. The van der Waals surface area contributed by atoms with E-state index in [4.69, 9.17) is 4.74 Å². The van der Waals surface area contributed by atoms with Gasteiger partial charge in [0.1, 0.15) is 0 Å². The van der Waals surface area contributed by atoms with Crippen molar-refractivity contribution in [3.8, 4) is 0 Å². The molecule has 0 aliphatic rings. The van der Waals surface area contributed by atoms with Gasteiger partial charge in [0, 0.05) is 28.7 Å². The number of benzene rings is 2. The highest BCUT2D eigenvalue weighted by Crippen LogP contribution is 2.20. The normalized spacial score (nSPS) is 12.1. The molecule has 0 amide bonds. The van der Waals surface area contributed by atoms with Gasteiger partial charge in [-0.1, -0.05) is 30.3 Å². The van der Waals surface area contributed by atoms with Crippen LogP contribution >= 0.6 is 0 Å². The molecule has 0 spiro atoms. The molecule has 142 valence electrons. The van der Waals surface area contributed by atoms with Crippen LogP contribution in [-0.2, 0) is 14.3 Å². The van der Waals surface area contributed by atoms with Crippen molar-refractivity contribution in [1.29, 1.82) is 0 Å². The lowest BCUT2D eigenvalue weighted by molar-refractivity contribution is -0.140. The number of carbonyl (C=O) groups excluding carboxylic acids is 3. The van der Waals surface area contributed by atoms with Crippen molar-refractivity contribution < 1.29 is 23.9 Å². The van der Waals surface area contributed by atoms with Crippen LogP contribution in [0.15, 0.2) is 60.8 Å². The molecule has 1 atom stereocenters. The molecule has 0 bridgehead atoms. The minimum absolute atomic E-state index is 0.276. The van der Waals surface area contributed by atoms with Crippen LogP contribution < -0.4 is 0 Å². The van der Waals surface area contributed by atoms with Crippen LogP contribution in [0.4, 0.5) is 0 Å². The van der Waals surface area contributed by atoms with Crippen molar-refractivity contribution in [3.05, 3.63) is 77.5 Å². The zero-order valence-corrected chi connectivity index (χ0v) is 15.5. The van der Waals surface area contributed by atoms with E-state index >= 15 is 0 Å². The summed E-state index contributed by atoms with van der Waals surface area (Å²) in [4.78, 5) is 39.1. The van der Waals surface area contributed by atoms with Gasteiger partial charge in [0.2, 0.25) is 5.78 Å². The van der Waals surface area contributed by atoms with Gasteiger partial charge in [0.05, 0.1) is 12.7 Å². The Bertz CT molecular complexity index is 1050.